The van der Waals surface area contributed by atoms with Crippen molar-refractivity contribution in [1.29, 1.82) is 0 Å². The van der Waals surface area contributed by atoms with Crippen molar-refractivity contribution in [2.75, 3.05) is 6.54 Å². The molecule has 5 nitrogen and oxygen atoms in total. The quantitative estimate of drug-likeness (QED) is 0.754. The molecule has 2 rings (SSSR count). The molecule has 24 heavy (non-hydrogen) atoms. The largest absolute Gasteiger partial charge is 0.349 e. The summed E-state index contributed by atoms with van der Waals surface area (Å²) in [5.41, 5.74) is 0.589. The van der Waals surface area contributed by atoms with Gasteiger partial charge in [-0.25, -0.2) is 17.5 Å². The van der Waals surface area contributed by atoms with Gasteiger partial charge in [-0.2, -0.15) is 0 Å². The molecular weight excluding hydrogens is 331 g/mol. The molecule has 0 aliphatic carbocycles. The number of amides is 1. The van der Waals surface area contributed by atoms with Crippen LogP contribution < -0.4 is 10.0 Å². The highest BCUT2D eigenvalue weighted by molar-refractivity contribution is 7.89. The molecule has 0 aliphatic heterocycles. The Balaban J connectivity index is 2.08. The number of carbonyl (C=O) groups is 1. The molecule has 7 heteroatoms. The summed E-state index contributed by atoms with van der Waals surface area (Å²) in [5.74, 6) is -0.799. The minimum absolute atomic E-state index is 0.000824. The average Bonchev–Trinajstić information content (AvgIpc) is 2.59. The molecule has 0 radical (unpaired) electrons. The van der Waals surface area contributed by atoms with Gasteiger partial charge in [-0.1, -0.05) is 24.3 Å². The minimum atomic E-state index is -3.80. The molecule has 0 unspecified atom stereocenters. The lowest BCUT2D eigenvalue weighted by Gasteiger charge is -2.08. The van der Waals surface area contributed by atoms with E-state index in [0.29, 0.717) is 12.1 Å². The second-order valence-electron chi connectivity index (χ2n) is 4.94. The number of sulfonamides is 1. The van der Waals surface area contributed by atoms with E-state index in [4.69, 9.17) is 0 Å². The first-order valence-corrected chi connectivity index (χ1v) is 8.64. The van der Waals surface area contributed by atoms with Crippen molar-refractivity contribution in [1.82, 2.24) is 10.0 Å². The maximum Gasteiger partial charge on any atom is 0.251 e. The van der Waals surface area contributed by atoms with Gasteiger partial charge in [0.2, 0.25) is 10.0 Å². The molecule has 0 fully saturated rings. The van der Waals surface area contributed by atoms with Crippen LogP contribution in [0.15, 0.2) is 66.1 Å². The van der Waals surface area contributed by atoms with Crippen LogP contribution in [-0.2, 0) is 16.6 Å². The number of nitrogens with one attached hydrogen (secondary N) is 2. The molecule has 0 bridgehead atoms. The number of benzene rings is 2. The summed E-state index contributed by atoms with van der Waals surface area (Å²) >= 11 is 0. The van der Waals surface area contributed by atoms with Crippen LogP contribution in [0.3, 0.4) is 0 Å². The van der Waals surface area contributed by atoms with E-state index in [9.17, 15) is 17.6 Å². The molecule has 0 saturated carbocycles. The van der Waals surface area contributed by atoms with E-state index in [1.807, 2.05) is 0 Å². The summed E-state index contributed by atoms with van der Waals surface area (Å²) in [6.45, 7) is 3.66. The van der Waals surface area contributed by atoms with E-state index in [0.717, 1.165) is 0 Å². The van der Waals surface area contributed by atoms with Gasteiger partial charge in [-0.05, 0) is 30.3 Å². The fourth-order valence-electron chi connectivity index (χ4n) is 1.95. The summed E-state index contributed by atoms with van der Waals surface area (Å²) in [7, 11) is -3.80. The van der Waals surface area contributed by atoms with E-state index in [-0.39, 0.29) is 22.9 Å². The lowest BCUT2D eigenvalue weighted by atomic mass is 10.2. The lowest BCUT2D eigenvalue weighted by molar-refractivity contribution is 0.0958. The highest BCUT2D eigenvalue weighted by atomic mass is 32.2. The third-order valence-electron chi connectivity index (χ3n) is 3.24. The molecule has 2 N–H and O–H groups in total. The van der Waals surface area contributed by atoms with Gasteiger partial charge < -0.3 is 5.32 Å². The summed E-state index contributed by atoms with van der Waals surface area (Å²) in [6, 6.07) is 11.4. The van der Waals surface area contributed by atoms with Crippen molar-refractivity contribution < 1.29 is 17.6 Å². The normalized spacial score (nSPS) is 11.0. The molecule has 0 spiro atoms. The highest BCUT2D eigenvalue weighted by Crippen LogP contribution is 2.12. The number of carbonyl (C=O) groups excluding carboxylic acids is 1. The summed E-state index contributed by atoms with van der Waals surface area (Å²) in [6.07, 6.45) is 1.55. The van der Waals surface area contributed by atoms with Crippen LogP contribution >= 0.6 is 0 Å². The number of hydrogen-bond donors (Lipinski definition) is 2. The van der Waals surface area contributed by atoms with E-state index in [1.165, 1.54) is 42.5 Å². The smallest absolute Gasteiger partial charge is 0.251 e. The van der Waals surface area contributed by atoms with Crippen LogP contribution in [0.25, 0.3) is 0 Å². The maximum atomic E-state index is 13.5. The second kappa shape index (κ2) is 7.85. The molecule has 126 valence electrons. The first kappa shape index (κ1) is 17.8. The van der Waals surface area contributed by atoms with Crippen LogP contribution in [0.1, 0.15) is 15.9 Å². The minimum Gasteiger partial charge on any atom is -0.349 e. The Labute approximate surface area is 140 Å². The Morgan fingerprint density at radius 2 is 1.79 bits per heavy atom. The number of hydrogen-bond acceptors (Lipinski definition) is 3. The van der Waals surface area contributed by atoms with Gasteiger partial charge in [-0.15, -0.1) is 6.58 Å². The zero-order chi connectivity index (χ0) is 17.6. The summed E-state index contributed by atoms with van der Waals surface area (Å²) < 4.78 is 40.3. The Hall–Kier alpha value is -2.51. The van der Waals surface area contributed by atoms with Crippen LogP contribution in [0.2, 0.25) is 0 Å². The Morgan fingerprint density at radius 3 is 2.42 bits per heavy atom. The second-order valence-corrected chi connectivity index (χ2v) is 6.71. The Bertz CT molecular complexity index is 833. The predicted octanol–water partition coefficient (Wildman–Crippen LogP) is 2.22. The SMILES string of the molecule is C=CCNC(=O)c1ccc(S(=O)(=O)NCc2ccccc2F)cc1. The Morgan fingerprint density at radius 1 is 1.12 bits per heavy atom. The molecule has 2 aromatic carbocycles. The van der Waals surface area contributed by atoms with Crippen molar-refractivity contribution in [3.63, 3.8) is 0 Å². The van der Waals surface area contributed by atoms with Crippen molar-refractivity contribution in [3.8, 4) is 0 Å². The van der Waals surface area contributed by atoms with Crippen LogP contribution in [0.4, 0.5) is 4.39 Å². The zero-order valence-corrected chi connectivity index (χ0v) is 13.6. The van der Waals surface area contributed by atoms with Crippen molar-refractivity contribution in [2.45, 2.75) is 11.4 Å². The van der Waals surface area contributed by atoms with E-state index >= 15 is 0 Å². The van der Waals surface area contributed by atoms with Gasteiger partial charge in [-0.3, -0.25) is 4.79 Å². The number of halogens is 1. The first-order valence-electron chi connectivity index (χ1n) is 7.16. The molecule has 1 amide bonds. The molecule has 0 aliphatic rings. The van der Waals surface area contributed by atoms with Crippen LogP contribution in [0, 0.1) is 5.82 Å². The molecular formula is C17H17FN2O3S. The highest BCUT2D eigenvalue weighted by Gasteiger charge is 2.15. The molecule has 0 heterocycles. The van der Waals surface area contributed by atoms with Gasteiger partial charge >= 0.3 is 0 Å². The van der Waals surface area contributed by atoms with Crippen LogP contribution in [-0.4, -0.2) is 20.9 Å². The lowest BCUT2D eigenvalue weighted by Crippen LogP contribution is -2.25. The molecule has 0 atom stereocenters. The molecule has 0 saturated heterocycles. The fraction of sp³-hybridized carbons (Fsp3) is 0.118. The van der Waals surface area contributed by atoms with Gasteiger partial charge in [0.25, 0.3) is 5.91 Å². The van der Waals surface area contributed by atoms with E-state index in [1.54, 1.807) is 12.1 Å². The summed E-state index contributed by atoms with van der Waals surface area (Å²) in [4.78, 5) is 11.7. The summed E-state index contributed by atoms with van der Waals surface area (Å²) in [5, 5.41) is 2.60. The molecule has 0 aromatic heterocycles. The van der Waals surface area contributed by atoms with Gasteiger partial charge in [0.1, 0.15) is 5.82 Å². The van der Waals surface area contributed by atoms with Gasteiger partial charge in [0.15, 0.2) is 0 Å². The average molecular weight is 348 g/mol. The molecule has 2 aromatic rings. The maximum absolute atomic E-state index is 13.5. The van der Waals surface area contributed by atoms with Crippen molar-refractivity contribution in [3.05, 3.63) is 78.1 Å². The van der Waals surface area contributed by atoms with Gasteiger partial charge in [0.05, 0.1) is 4.90 Å². The predicted molar refractivity (Wildman–Crippen MR) is 89.4 cm³/mol. The Kier molecular flexibility index (Phi) is 5.83. The van der Waals surface area contributed by atoms with Crippen molar-refractivity contribution in [2.24, 2.45) is 0 Å². The standard InChI is InChI=1S/C17H17FN2O3S/c1-2-11-19-17(21)13-7-9-15(10-8-13)24(22,23)20-12-14-5-3-4-6-16(14)18/h2-10,20H,1,11-12H2,(H,19,21). The van der Waals surface area contributed by atoms with E-state index in [2.05, 4.69) is 16.6 Å². The van der Waals surface area contributed by atoms with Crippen LogP contribution in [0.5, 0.6) is 0 Å². The van der Waals surface area contributed by atoms with Crippen molar-refractivity contribution >= 4 is 15.9 Å². The topological polar surface area (TPSA) is 75.3 Å². The van der Waals surface area contributed by atoms with Gasteiger partial charge in [0, 0.05) is 24.2 Å². The zero-order valence-electron chi connectivity index (χ0n) is 12.8. The first-order chi connectivity index (χ1) is 11.4. The number of rotatable bonds is 7. The van der Waals surface area contributed by atoms with E-state index < -0.39 is 15.8 Å². The third-order valence-corrected chi connectivity index (χ3v) is 4.66. The third kappa shape index (κ3) is 4.50. The monoisotopic (exact) mass is 348 g/mol. The fourth-order valence-corrected chi connectivity index (χ4v) is 2.96.